The van der Waals surface area contributed by atoms with E-state index in [1.54, 1.807) is 30.3 Å². The van der Waals surface area contributed by atoms with E-state index in [-0.39, 0.29) is 30.8 Å². The zero-order valence-corrected chi connectivity index (χ0v) is 12.7. The molecule has 0 bridgehead atoms. The average Bonchev–Trinajstić information content (AvgIpc) is 2.90. The number of nitrogens with zero attached hydrogens (tertiary/aromatic N) is 2. The second-order valence-electron chi connectivity index (χ2n) is 5.43. The largest absolute Gasteiger partial charge is 0.489 e. The number of amides is 1. The number of aliphatic hydroxyl groups is 1. The predicted octanol–water partition coefficient (Wildman–Crippen LogP) is 1.09. The molecule has 0 aromatic carbocycles. The van der Waals surface area contributed by atoms with E-state index in [9.17, 15) is 9.90 Å². The van der Waals surface area contributed by atoms with Crippen LogP contribution in [-0.2, 0) is 4.74 Å². The molecule has 0 radical (unpaired) electrons. The standard InChI is InChI=1S/C15H22N2O4/c1-10(2)21-12-4-5-14(16-7-12)15(19)17-8-13(20-3)6-11(17)9-18/h4-5,7,10-11,13,18H,6,8-9H2,1-3H3/t11-,13+/m0/s1. The lowest BCUT2D eigenvalue weighted by atomic mass is 10.2. The van der Waals surface area contributed by atoms with Crippen molar-refractivity contribution in [3.63, 3.8) is 0 Å². The van der Waals surface area contributed by atoms with Gasteiger partial charge in [0.05, 0.1) is 31.1 Å². The Bertz CT molecular complexity index is 475. The first-order valence-corrected chi connectivity index (χ1v) is 7.12. The summed E-state index contributed by atoms with van der Waals surface area (Å²) >= 11 is 0. The summed E-state index contributed by atoms with van der Waals surface area (Å²) in [5.74, 6) is 0.446. The maximum atomic E-state index is 12.5. The highest BCUT2D eigenvalue weighted by Gasteiger charge is 2.35. The van der Waals surface area contributed by atoms with Crippen LogP contribution in [0.15, 0.2) is 18.3 Å². The van der Waals surface area contributed by atoms with Gasteiger partial charge in [0.2, 0.25) is 0 Å². The van der Waals surface area contributed by atoms with Crippen molar-refractivity contribution in [1.29, 1.82) is 0 Å². The Labute approximate surface area is 124 Å². The first kappa shape index (κ1) is 15.7. The van der Waals surface area contributed by atoms with Gasteiger partial charge in [-0.1, -0.05) is 0 Å². The van der Waals surface area contributed by atoms with Crippen molar-refractivity contribution in [3.05, 3.63) is 24.0 Å². The molecule has 1 aliphatic rings. The summed E-state index contributed by atoms with van der Waals surface area (Å²) in [6.45, 7) is 4.27. The van der Waals surface area contributed by atoms with Gasteiger partial charge in [-0.2, -0.15) is 0 Å². The normalized spacial score (nSPS) is 21.9. The molecule has 0 spiro atoms. The molecule has 1 amide bonds. The van der Waals surface area contributed by atoms with Crippen molar-refractivity contribution in [3.8, 4) is 5.75 Å². The Morgan fingerprint density at radius 1 is 1.52 bits per heavy atom. The number of hydrogen-bond acceptors (Lipinski definition) is 5. The van der Waals surface area contributed by atoms with Crippen LogP contribution in [0.2, 0.25) is 0 Å². The summed E-state index contributed by atoms with van der Waals surface area (Å²) in [4.78, 5) is 18.2. The molecule has 1 saturated heterocycles. The van der Waals surface area contributed by atoms with Crippen LogP contribution in [-0.4, -0.2) is 59.4 Å². The van der Waals surface area contributed by atoms with Crippen molar-refractivity contribution >= 4 is 5.91 Å². The number of likely N-dealkylation sites (tertiary alicyclic amines) is 1. The van der Waals surface area contributed by atoms with Gasteiger partial charge in [0, 0.05) is 13.7 Å². The van der Waals surface area contributed by atoms with E-state index >= 15 is 0 Å². The molecule has 116 valence electrons. The second-order valence-corrected chi connectivity index (χ2v) is 5.43. The highest BCUT2D eigenvalue weighted by molar-refractivity contribution is 5.92. The van der Waals surface area contributed by atoms with Crippen LogP contribution in [0.3, 0.4) is 0 Å². The van der Waals surface area contributed by atoms with Gasteiger partial charge in [-0.3, -0.25) is 4.79 Å². The van der Waals surface area contributed by atoms with Crippen LogP contribution in [0.25, 0.3) is 0 Å². The molecule has 0 unspecified atom stereocenters. The van der Waals surface area contributed by atoms with Gasteiger partial charge >= 0.3 is 0 Å². The number of hydrogen-bond donors (Lipinski definition) is 1. The summed E-state index contributed by atoms with van der Waals surface area (Å²) in [5.41, 5.74) is 0.348. The van der Waals surface area contributed by atoms with E-state index in [1.165, 1.54) is 0 Å². The molecule has 21 heavy (non-hydrogen) atoms. The lowest BCUT2D eigenvalue weighted by Gasteiger charge is -2.22. The Morgan fingerprint density at radius 3 is 2.81 bits per heavy atom. The van der Waals surface area contributed by atoms with Gasteiger partial charge in [0.25, 0.3) is 5.91 Å². The Morgan fingerprint density at radius 2 is 2.29 bits per heavy atom. The molecular weight excluding hydrogens is 272 g/mol. The maximum absolute atomic E-state index is 12.5. The smallest absolute Gasteiger partial charge is 0.272 e. The third-order valence-corrected chi connectivity index (χ3v) is 3.51. The number of methoxy groups -OCH3 is 1. The Hall–Kier alpha value is -1.66. The molecule has 1 fully saturated rings. The number of rotatable bonds is 5. The van der Waals surface area contributed by atoms with Gasteiger partial charge in [0.15, 0.2) is 0 Å². The number of aliphatic hydroxyl groups excluding tert-OH is 1. The molecule has 2 atom stereocenters. The zero-order valence-electron chi connectivity index (χ0n) is 12.7. The number of aromatic nitrogens is 1. The molecule has 2 rings (SSSR count). The summed E-state index contributed by atoms with van der Waals surface area (Å²) in [7, 11) is 1.61. The first-order valence-electron chi connectivity index (χ1n) is 7.12. The van der Waals surface area contributed by atoms with Crippen molar-refractivity contribution in [2.75, 3.05) is 20.3 Å². The second kappa shape index (κ2) is 6.87. The van der Waals surface area contributed by atoms with E-state index in [4.69, 9.17) is 9.47 Å². The van der Waals surface area contributed by atoms with Crippen molar-refractivity contribution in [1.82, 2.24) is 9.88 Å². The highest BCUT2D eigenvalue weighted by Crippen LogP contribution is 2.22. The Balaban J connectivity index is 2.08. The molecule has 6 nitrogen and oxygen atoms in total. The summed E-state index contributed by atoms with van der Waals surface area (Å²) in [6.07, 6.45) is 2.22. The van der Waals surface area contributed by atoms with Crippen LogP contribution >= 0.6 is 0 Å². The molecule has 1 aliphatic heterocycles. The summed E-state index contributed by atoms with van der Waals surface area (Å²) in [6, 6.07) is 3.17. The lowest BCUT2D eigenvalue weighted by molar-refractivity contribution is 0.0642. The molecule has 0 aliphatic carbocycles. The number of carbonyl (C=O) groups excluding carboxylic acids is 1. The van der Waals surface area contributed by atoms with E-state index < -0.39 is 0 Å². The quantitative estimate of drug-likeness (QED) is 0.880. The van der Waals surface area contributed by atoms with Crippen LogP contribution in [0.1, 0.15) is 30.8 Å². The number of ether oxygens (including phenoxy) is 2. The van der Waals surface area contributed by atoms with E-state index in [2.05, 4.69) is 4.98 Å². The summed E-state index contributed by atoms with van der Waals surface area (Å²) < 4.78 is 10.8. The van der Waals surface area contributed by atoms with E-state index in [0.717, 1.165) is 0 Å². The fourth-order valence-corrected chi connectivity index (χ4v) is 2.46. The number of carbonyl (C=O) groups is 1. The highest BCUT2D eigenvalue weighted by atomic mass is 16.5. The monoisotopic (exact) mass is 294 g/mol. The minimum Gasteiger partial charge on any atom is -0.489 e. The minimum absolute atomic E-state index is 0.0327. The SMILES string of the molecule is CO[C@@H]1C[C@@H](CO)N(C(=O)c2ccc(OC(C)C)cn2)C1. The van der Waals surface area contributed by atoms with E-state index in [0.29, 0.717) is 24.4 Å². The molecule has 2 heterocycles. The third-order valence-electron chi connectivity index (χ3n) is 3.51. The fourth-order valence-electron chi connectivity index (χ4n) is 2.46. The van der Waals surface area contributed by atoms with Crippen molar-refractivity contribution < 1.29 is 19.4 Å². The molecule has 1 N–H and O–H groups in total. The summed E-state index contributed by atoms with van der Waals surface area (Å²) in [5, 5.41) is 9.40. The molecule has 6 heteroatoms. The topological polar surface area (TPSA) is 71.9 Å². The van der Waals surface area contributed by atoms with Gasteiger partial charge in [-0.25, -0.2) is 4.98 Å². The van der Waals surface area contributed by atoms with Crippen LogP contribution in [0, 0.1) is 0 Å². The van der Waals surface area contributed by atoms with Gasteiger partial charge in [0.1, 0.15) is 11.4 Å². The Kier molecular flexibility index (Phi) is 5.14. The molecule has 1 aromatic heterocycles. The van der Waals surface area contributed by atoms with Crippen LogP contribution in [0.5, 0.6) is 5.75 Å². The first-order chi connectivity index (χ1) is 10.0. The van der Waals surface area contributed by atoms with Crippen LogP contribution < -0.4 is 4.74 Å². The lowest BCUT2D eigenvalue weighted by Crippen LogP contribution is -2.38. The number of pyridine rings is 1. The van der Waals surface area contributed by atoms with Gasteiger partial charge in [-0.15, -0.1) is 0 Å². The third kappa shape index (κ3) is 3.71. The fraction of sp³-hybridized carbons (Fsp3) is 0.600. The van der Waals surface area contributed by atoms with Gasteiger partial charge in [-0.05, 0) is 32.4 Å². The van der Waals surface area contributed by atoms with Crippen molar-refractivity contribution in [2.45, 2.75) is 38.5 Å². The van der Waals surface area contributed by atoms with Crippen LogP contribution in [0.4, 0.5) is 0 Å². The average molecular weight is 294 g/mol. The van der Waals surface area contributed by atoms with E-state index in [1.807, 2.05) is 13.8 Å². The van der Waals surface area contributed by atoms with Gasteiger partial charge < -0.3 is 19.5 Å². The molecule has 0 saturated carbocycles. The zero-order chi connectivity index (χ0) is 15.4. The minimum atomic E-state index is -0.212. The molecule has 1 aromatic rings. The molecular formula is C15H22N2O4. The van der Waals surface area contributed by atoms with Crippen molar-refractivity contribution in [2.24, 2.45) is 0 Å². The predicted molar refractivity (Wildman–Crippen MR) is 77.3 cm³/mol. The maximum Gasteiger partial charge on any atom is 0.272 e.